The molecule has 0 radical (unpaired) electrons. The third kappa shape index (κ3) is 2.12. The number of guanidine groups is 1. The summed E-state index contributed by atoms with van der Waals surface area (Å²) in [5.74, 6) is -0.530. The van der Waals surface area contributed by atoms with E-state index in [1.165, 1.54) is 17.2 Å². The van der Waals surface area contributed by atoms with Crippen molar-refractivity contribution in [3.63, 3.8) is 0 Å². The molecule has 0 aliphatic rings. The minimum absolute atomic E-state index is 0.0646. The number of nitrogens with zero attached hydrogens (tertiary/aromatic N) is 5. The summed E-state index contributed by atoms with van der Waals surface area (Å²) in [7, 11) is 0. The standard InChI is InChI=1S/C8H10N8O/c9-6-5-7(13-2-12-6)16(3-14-5)1-4(17)15-8(10)11/h2-3H,1H2,(H2,9,12,13)(H4,10,11,15,17). The summed E-state index contributed by atoms with van der Waals surface area (Å²) in [6, 6.07) is 0. The van der Waals surface area contributed by atoms with Crippen LogP contribution in [0.4, 0.5) is 5.82 Å². The Bertz CT molecular complexity index is 597. The zero-order valence-corrected chi connectivity index (χ0v) is 8.74. The Morgan fingerprint density at radius 1 is 1.35 bits per heavy atom. The van der Waals surface area contributed by atoms with Crippen LogP contribution in [-0.4, -0.2) is 31.4 Å². The van der Waals surface area contributed by atoms with E-state index >= 15 is 0 Å². The Balaban J connectivity index is 2.35. The summed E-state index contributed by atoms with van der Waals surface area (Å²) >= 11 is 0. The van der Waals surface area contributed by atoms with Crippen molar-refractivity contribution in [3.05, 3.63) is 12.7 Å². The van der Waals surface area contributed by atoms with E-state index in [1.54, 1.807) is 0 Å². The zero-order valence-electron chi connectivity index (χ0n) is 8.74. The Hall–Kier alpha value is -2.71. The Morgan fingerprint density at radius 2 is 2.12 bits per heavy atom. The molecule has 0 aliphatic heterocycles. The molecule has 0 bridgehead atoms. The van der Waals surface area contributed by atoms with Crippen LogP contribution in [0, 0.1) is 0 Å². The summed E-state index contributed by atoms with van der Waals surface area (Å²) in [4.78, 5) is 26.5. The third-order valence-electron chi connectivity index (χ3n) is 1.99. The number of aliphatic imine (C=N–C) groups is 1. The molecule has 9 nitrogen and oxygen atoms in total. The minimum Gasteiger partial charge on any atom is -0.382 e. The molecule has 2 aromatic rings. The topological polar surface area (TPSA) is 151 Å². The summed E-state index contributed by atoms with van der Waals surface area (Å²) in [5.41, 5.74) is 16.7. The lowest BCUT2D eigenvalue weighted by atomic mass is 10.5. The first-order valence-electron chi connectivity index (χ1n) is 4.61. The molecular formula is C8H10N8O. The number of carbonyl (C=O) groups excluding carboxylic acids is 1. The zero-order chi connectivity index (χ0) is 12.4. The van der Waals surface area contributed by atoms with Gasteiger partial charge in [0, 0.05) is 0 Å². The van der Waals surface area contributed by atoms with E-state index < -0.39 is 5.91 Å². The van der Waals surface area contributed by atoms with Crippen molar-refractivity contribution >= 4 is 28.8 Å². The quantitative estimate of drug-likeness (QED) is 0.409. The van der Waals surface area contributed by atoms with Crippen molar-refractivity contribution < 1.29 is 4.79 Å². The molecule has 0 saturated carbocycles. The molecular weight excluding hydrogens is 224 g/mol. The number of rotatable bonds is 2. The number of carbonyl (C=O) groups is 1. The van der Waals surface area contributed by atoms with Gasteiger partial charge in [-0.1, -0.05) is 0 Å². The lowest BCUT2D eigenvalue weighted by Crippen LogP contribution is -2.25. The maximum atomic E-state index is 11.4. The maximum Gasteiger partial charge on any atom is 0.268 e. The van der Waals surface area contributed by atoms with E-state index in [0.29, 0.717) is 11.2 Å². The van der Waals surface area contributed by atoms with Gasteiger partial charge in [0.1, 0.15) is 18.4 Å². The Labute approximate surface area is 95.4 Å². The molecule has 2 aromatic heterocycles. The van der Waals surface area contributed by atoms with Crippen LogP contribution in [-0.2, 0) is 11.3 Å². The molecule has 2 rings (SSSR count). The predicted molar refractivity (Wildman–Crippen MR) is 60.6 cm³/mol. The van der Waals surface area contributed by atoms with Crippen molar-refractivity contribution in [2.24, 2.45) is 16.5 Å². The van der Waals surface area contributed by atoms with Gasteiger partial charge in [0.15, 0.2) is 17.4 Å². The van der Waals surface area contributed by atoms with Gasteiger partial charge in [0.25, 0.3) is 5.91 Å². The van der Waals surface area contributed by atoms with Crippen LogP contribution in [0.2, 0.25) is 0 Å². The molecule has 2 heterocycles. The largest absolute Gasteiger partial charge is 0.382 e. The number of amides is 1. The number of nitrogens with two attached hydrogens (primary N) is 3. The first kappa shape index (κ1) is 10.8. The van der Waals surface area contributed by atoms with Gasteiger partial charge in [-0.2, -0.15) is 4.99 Å². The summed E-state index contributed by atoms with van der Waals surface area (Å²) in [6.45, 7) is -0.0646. The normalized spacial score (nSPS) is 10.4. The molecule has 0 spiro atoms. The molecule has 1 amide bonds. The highest BCUT2D eigenvalue weighted by Crippen LogP contribution is 2.13. The fourth-order valence-electron chi connectivity index (χ4n) is 1.34. The second kappa shape index (κ2) is 4.04. The number of hydrogen-bond acceptors (Lipinski definition) is 5. The van der Waals surface area contributed by atoms with Crippen LogP contribution < -0.4 is 17.2 Å². The fourth-order valence-corrected chi connectivity index (χ4v) is 1.34. The lowest BCUT2D eigenvalue weighted by molar-refractivity contribution is -0.118. The molecule has 6 N–H and O–H groups in total. The Kier molecular flexibility index (Phi) is 2.57. The second-order valence-corrected chi connectivity index (χ2v) is 3.23. The first-order chi connectivity index (χ1) is 8.08. The number of imidazole rings is 1. The van der Waals surface area contributed by atoms with Gasteiger partial charge in [-0.25, -0.2) is 15.0 Å². The average molecular weight is 234 g/mol. The average Bonchev–Trinajstić information content (AvgIpc) is 2.62. The third-order valence-corrected chi connectivity index (χ3v) is 1.99. The van der Waals surface area contributed by atoms with Crippen LogP contribution in [0.3, 0.4) is 0 Å². The highest BCUT2D eigenvalue weighted by Gasteiger charge is 2.10. The molecule has 0 aromatic carbocycles. The summed E-state index contributed by atoms with van der Waals surface area (Å²) in [6.07, 6.45) is 2.72. The number of aromatic nitrogens is 4. The van der Waals surface area contributed by atoms with Gasteiger partial charge in [0.05, 0.1) is 6.33 Å². The molecule has 9 heteroatoms. The van der Waals surface area contributed by atoms with E-state index in [-0.39, 0.29) is 18.3 Å². The van der Waals surface area contributed by atoms with Crippen molar-refractivity contribution in [1.82, 2.24) is 19.5 Å². The van der Waals surface area contributed by atoms with Crippen LogP contribution in [0.15, 0.2) is 17.6 Å². The van der Waals surface area contributed by atoms with Gasteiger partial charge in [-0.3, -0.25) is 4.79 Å². The van der Waals surface area contributed by atoms with Crippen LogP contribution in [0.1, 0.15) is 0 Å². The smallest absolute Gasteiger partial charge is 0.268 e. The maximum absolute atomic E-state index is 11.4. The summed E-state index contributed by atoms with van der Waals surface area (Å²) < 4.78 is 1.49. The van der Waals surface area contributed by atoms with Crippen molar-refractivity contribution in [2.75, 3.05) is 5.73 Å². The van der Waals surface area contributed by atoms with Gasteiger partial charge in [-0.05, 0) is 0 Å². The van der Waals surface area contributed by atoms with E-state index in [0.717, 1.165) is 0 Å². The monoisotopic (exact) mass is 234 g/mol. The second-order valence-electron chi connectivity index (χ2n) is 3.23. The highest BCUT2D eigenvalue weighted by atomic mass is 16.1. The van der Waals surface area contributed by atoms with Gasteiger partial charge >= 0.3 is 0 Å². The van der Waals surface area contributed by atoms with E-state index in [1.807, 2.05) is 0 Å². The number of fused-ring (bicyclic) bond motifs is 1. The van der Waals surface area contributed by atoms with Crippen LogP contribution >= 0.6 is 0 Å². The first-order valence-corrected chi connectivity index (χ1v) is 4.61. The predicted octanol–water partition coefficient (Wildman–Crippen LogP) is -1.79. The highest BCUT2D eigenvalue weighted by molar-refractivity contribution is 5.92. The van der Waals surface area contributed by atoms with Crippen molar-refractivity contribution in [3.8, 4) is 0 Å². The number of anilines is 1. The van der Waals surface area contributed by atoms with E-state index in [2.05, 4.69) is 19.9 Å². The lowest BCUT2D eigenvalue weighted by Gasteiger charge is -1.99. The molecule has 0 aliphatic carbocycles. The summed E-state index contributed by atoms with van der Waals surface area (Å²) in [5, 5.41) is 0. The molecule has 0 unspecified atom stereocenters. The van der Waals surface area contributed by atoms with Gasteiger partial charge < -0.3 is 21.8 Å². The van der Waals surface area contributed by atoms with Crippen LogP contribution in [0.25, 0.3) is 11.2 Å². The van der Waals surface area contributed by atoms with E-state index in [4.69, 9.17) is 17.2 Å². The number of hydrogen-bond donors (Lipinski definition) is 3. The molecule has 88 valence electrons. The Morgan fingerprint density at radius 3 is 2.82 bits per heavy atom. The minimum atomic E-state index is -0.499. The number of nitrogen functional groups attached to an aromatic ring is 1. The molecule has 0 atom stereocenters. The van der Waals surface area contributed by atoms with Gasteiger partial charge in [0.2, 0.25) is 0 Å². The van der Waals surface area contributed by atoms with Gasteiger partial charge in [-0.15, -0.1) is 0 Å². The molecule has 17 heavy (non-hydrogen) atoms. The fraction of sp³-hybridized carbons (Fsp3) is 0.125. The SMILES string of the molecule is NC(N)=NC(=O)Cn1cnc2c(N)ncnc21. The molecule has 0 saturated heterocycles. The van der Waals surface area contributed by atoms with E-state index in [9.17, 15) is 4.79 Å². The van der Waals surface area contributed by atoms with Crippen molar-refractivity contribution in [2.45, 2.75) is 6.54 Å². The van der Waals surface area contributed by atoms with Crippen molar-refractivity contribution in [1.29, 1.82) is 0 Å². The van der Waals surface area contributed by atoms with Crippen LogP contribution in [0.5, 0.6) is 0 Å². The molecule has 0 fully saturated rings.